The van der Waals surface area contributed by atoms with E-state index in [1.54, 1.807) is 12.1 Å². The number of phenols is 1. The van der Waals surface area contributed by atoms with Crippen molar-refractivity contribution in [2.75, 3.05) is 5.32 Å². The summed E-state index contributed by atoms with van der Waals surface area (Å²) in [5, 5.41) is 21.4. The highest BCUT2D eigenvalue weighted by Crippen LogP contribution is 2.45. The summed E-state index contributed by atoms with van der Waals surface area (Å²) in [5.74, 6) is -2.27. The van der Waals surface area contributed by atoms with E-state index in [0.717, 1.165) is 12.8 Å². The van der Waals surface area contributed by atoms with E-state index < -0.39 is 17.8 Å². The van der Waals surface area contributed by atoms with E-state index in [9.17, 15) is 19.8 Å². The predicted molar refractivity (Wildman–Crippen MR) is 76.7 cm³/mol. The number of carbonyl (C=O) groups excluding carboxylic acids is 1. The van der Waals surface area contributed by atoms with Crippen molar-refractivity contribution in [2.45, 2.75) is 12.8 Å². The molecular formula is C16H17NO4. The summed E-state index contributed by atoms with van der Waals surface area (Å²) in [6, 6.07) is 6.16. The molecule has 4 atom stereocenters. The van der Waals surface area contributed by atoms with Crippen LogP contribution in [0.3, 0.4) is 0 Å². The number of hydrogen-bond donors (Lipinski definition) is 3. The molecule has 4 unspecified atom stereocenters. The molecule has 21 heavy (non-hydrogen) atoms. The Morgan fingerprint density at radius 3 is 2.10 bits per heavy atom. The zero-order valence-electron chi connectivity index (χ0n) is 11.4. The molecule has 0 aliphatic heterocycles. The number of aromatic hydroxyl groups is 1. The summed E-state index contributed by atoms with van der Waals surface area (Å²) in [6.45, 7) is 0. The van der Waals surface area contributed by atoms with Crippen LogP contribution in [-0.2, 0) is 9.59 Å². The molecule has 0 radical (unpaired) electrons. The Morgan fingerprint density at radius 1 is 1.00 bits per heavy atom. The summed E-state index contributed by atoms with van der Waals surface area (Å²) >= 11 is 0. The van der Waals surface area contributed by atoms with Gasteiger partial charge in [-0.1, -0.05) is 12.2 Å². The van der Waals surface area contributed by atoms with E-state index >= 15 is 0 Å². The molecule has 2 bridgehead atoms. The van der Waals surface area contributed by atoms with Crippen LogP contribution in [0.1, 0.15) is 12.8 Å². The molecule has 1 aromatic carbocycles. The molecule has 0 spiro atoms. The van der Waals surface area contributed by atoms with Gasteiger partial charge in [0.1, 0.15) is 5.75 Å². The van der Waals surface area contributed by atoms with Gasteiger partial charge in [-0.2, -0.15) is 0 Å². The van der Waals surface area contributed by atoms with Gasteiger partial charge < -0.3 is 15.5 Å². The average molecular weight is 287 g/mol. The highest BCUT2D eigenvalue weighted by Gasteiger charge is 2.48. The highest BCUT2D eigenvalue weighted by molar-refractivity contribution is 5.96. The minimum atomic E-state index is -0.903. The van der Waals surface area contributed by atoms with Crippen molar-refractivity contribution in [1.82, 2.24) is 0 Å². The second-order valence-corrected chi connectivity index (χ2v) is 5.72. The second-order valence-electron chi connectivity index (χ2n) is 5.72. The van der Waals surface area contributed by atoms with E-state index in [2.05, 4.69) is 5.32 Å². The number of fused-ring (bicyclic) bond motifs is 2. The van der Waals surface area contributed by atoms with Crippen LogP contribution in [0, 0.1) is 23.7 Å². The molecule has 110 valence electrons. The summed E-state index contributed by atoms with van der Waals surface area (Å²) in [6.07, 6.45) is 5.62. The predicted octanol–water partition coefficient (Wildman–Crippen LogP) is 2.24. The van der Waals surface area contributed by atoms with Crippen LogP contribution in [0.5, 0.6) is 5.75 Å². The Balaban J connectivity index is 1.81. The molecule has 5 nitrogen and oxygen atoms in total. The monoisotopic (exact) mass is 287 g/mol. The molecule has 1 aromatic rings. The van der Waals surface area contributed by atoms with Crippen LogP contribution in [-0.4, -0.2) is 22.1 Å². The minimum absolute atomic E-state index is 0.00628. The Bertz CT molecular complexity index is 593. The Kier molecular flexibility index (Phi) is 3.41. The van der Waals surface area contributed by atoms with Gasteiger partial charge in [-0.3, -0.25) is 9.59 Å². The average Bonchev–Trinajstić information content (AvgIpc) is 2.49. The van der Waals surface area contributed by atoms with Gasteiger partial charge in [0, 0.05) is 5.69 Å². The number of carbonyl (C=O) groups is 2. The molecule has 4 rings (SSSR count). The van der Waals surface area contributed by atoms with E-state index in [4.69, 9.17) is 0 Å². The van der Waals surface area contributed by atoms with Crippen LogP contribution in [0.2, 0.25) is 0 Å². The smallest absolute Gasteiger partial charge is 0.307 e. The van der Waals surface area contributed by atoms with Crippen molar-refractivity contribution in [1.29, 1.82) is 0 Å². The van der Waals surface area contributed by atoms with Crippen molar-refractivity contribution >= 4 is 17.6 Å². The first-order valence-electron chi connectivity index (χ1n) is 7.07. The molecule has 3 aliphatic rings. The number of anilines is 1. The number of nitrogens with one attached hydrogen (secondary N) is 1. The lowest BCUT2D eigenvalue weighted by molar-refractivity contribution is -0.151. The number of phenolic OH excluding ortho intramolecular Hbond substituents is 1. The Morgan fingerprint density at radius 2 is 1.57 bits per heavy atom. The van der Waals surface area contributed by atoms with Crippen LogP contribution < -0.4 is 5.32 Å². The number of amides is 1. The number of hydrogen-bond acceptors (Lipinski definition) is 3. The number of carboxylic acid groups (broad SMARTS) is 1. The lowest BCUT2D eigenvalue weighted by atomic mass is 9.62. The third-order valence-corrected chi connectivity index (χ3v) is 4.47. The van der Waals surface area contributed by atoms with Crippen molar-refractivity contribution in [3.63, 3.8) is 0 Å². The van der Waals surface area contributed by atoms with Crippen molar-refractivity contribution in [2.24, 2.45) is 23.7 Å². The fourth-order valence-corrected chi connectivity index (χ4v) is 3.46. The quantitative estimate of drug-likeness (QED) is 0.588. The van der Waals surface area contributed by atoms with Gasteiger partial charge in [0.05, 0.1) is 11.8 Å². The van der Waals surface area contributed by atoms with Crippen LogP contribution in [0.4, 0.5) is 5.69 Å². The maximum atomic E-state index is 12.5. The number of allylic oxidation sites excluding steroid dienone is 2. The molecule has 3 N–H and O–H groups in total. The molecule has 5 heteroatoms. The normalized spacial score (nSPS) is 30.1. The first kappa shape index (κ1) is 13.7. The maximum absolute atomic E-state index is 12.5. The third-order valence-electron chi connectivity index (χ3n) is 4.47. The molecule has 0 saturated heterocycles. The molecule has 3 aliphatic carbocycles. The van der Waals surface area contributed by atoms with E-state index in [-0.39, 0.29) is 23.5 Å². The van der Waals surface area contributed by atoms with E-state index in [1.807, 2.05) is 12.2 Å². The first-order valence-corrected chi connectivity index (χ1v) is 7.07. The van der Waals surface area contributed by atoms with Crippen molar-refractivity contribution < 1.29 is 19.8 Å². The van der Waals surface area contributed by atoms with Crippen LogP contribution in [0.15, 0.2) is 36.4 Å². The number of rotatable bonds is 3. The van der Waals surface area contributed by atoms with Gasteiger partial charge in [-0.15, -0.1) is 0 Å². The number of carboxylic acids is 1. The highest BCUT2D eigenvalue weighted by atomic mass is 16.4. The number of aliphatic carboxylic acids is 1. The van der Waals surface area contributed by atoms with Gasteiger partial charge in [0.25, 0.3) is 0 Å². The molecule has 1 saturated carbocycles. The van der Waals surface area contributed by atoms with Gasteiger partial charge >= 0.3 is 5.97 Å². The van der Waals surface area contributed by atoms with E-state index in [0.29, 0.717) is 5.69 Å². The third kappa shape index (κ3) is 2.51. The van der Waals surface area contributed by atoms with E-state index in [1.165, 1.54) is 12.1 Å². The largest absolute Gasteiger partial charge is 0.508 e. The Hall–Kier alpha value is -2.30. The van der Waals surface area contributed by atoms with Gasteiger partial charge in [0.15, 0.2) is 0 Å². The lowest BCUT2D eigenvalue weighted by Crippen LogP contribution is -2.47. The molecule has 1 fully saturated rings. The lowest BCUT2D eigenvalue weighted by Gasteiger charge is -2.41. The number of benzene rings is 1. The molecular weight excluding hydrogens is 270 g/mol. The second kappa shape index (κ2) is 5.24. The summed E-state index contributed by atoms with van der Waals surface area (Å²) in [4.78, 5) is 24.0. The molecule has 0 heterocycles. The molecule has 1 amide bonds. The van der Waals surface area contributed by atoms with Crippen LogP contribution >= 0.6 is 0 Å². The van der Waals surface area contributed by atoms with Gasteiger partial charge in [0.2, 0.25) is 5.91 Å². The standard InChI is InChI=1S/C16H17NO4/c18-12-7-5-11(6-8-12)17-15(19)13-9-1-3-10(4-2-9)14(13)16(20)21/h1,3,5-10,13-14,18H,2,4H2,(H,17,19)(H,20,21). The van der Waals surface area contributed by atoms with Crippen LogP contribution in [0.25, 0.3) is 0 Å². The first-order chi connectivity index (χ1) is 10.1. The zero-order chi connectivity index (χ0) is 15.0. The minimum Gasteiger partial charge on any atom is -0.508 e. The van der Waals surface area contributed by atoms with Gasteiger partial charge in [-0.05, 0) is 48.9 Å². The summed E-state index contributed by atoms with van der Waals surface area (Å²) in [7, 11) is 0. The van der Waals surface area contributed by atoms with Crippen molar-refractivity contribution in [3.8, 4) is 5.75 Å². The SMILES string of the molecule is O=C(O)C1C2C=CC(CC2)C1C(=O)Nc1ccc(O)cc1. The molecule has 0 aromatic heterocycles. The summed E-state index contributed by atoms with van der Waals surface area (Å²) < 4.78 is 0. The fourth-order valence-electron chi connectivity index (χ4n) is 3.46. The fraction of sp³-hybridized carbons (Fsp3) is 0.375. The maximum Gasteiger partial charge on any atom is 0.307 e. The summed E-state index contributed by atoms with van der Waals surface area (Å²) in [5.41, 5.74) is 0.562. The Labute approximate surface area is 122 Å². The zero-order valence-corrected chi connectivity index (χ0v) is 11.4. The topological polar surface area (TPSA) is 86.6 Å². The van der Waals surface area contributed by atoms with Gasteiger partial charge in [-0.25, -0.2) is 0 Å². The van der Waals surface area contributed by atoms with Crippen molar-refractivity contribution in [3.05, 3.63) is 36.4 Å².